The SMILES string of the molecule is CC(C)(Sc1ccc2c(c1)OCCCO2)C(=O)O. The highest BCUT2D eigenvalue weighted by Crippen LogP contribution is 2.38. The van der Waals surface area contributed by atoms with E-state index in [9.17, 15) is 4.79 Å². The zero-order chi connectivity index (χ0) is 13.2. The zero-order valence-electron chi connectivity index (χ0n) is 10.4. The average Bonchev–Trinajstić information content (AvgIpc) is 2.52. The minimum absolute atomic E-state index is 0.628. The number of hydrogen-bond acceptors (Lipinski definition) is 4. The lowest BCUT2D eigenvalue weighted by Crippen LogP contribution is -2.26. The minimum atomic E-state index is -0.861. The van der Waals surface area contributed by atoms with Crippen molar-refractivity contribution in [3.63, 3.8) is 0 Å². The van der Waals surface area contributed by atoms with Crippen LogP contribution in [0.15, 0.2) is 23.1 Å². The highest BCUT2D eigenvalue weighted by atomic mass is 32.2. The number of carboxylic acids is 1. The summed E-state index contributed by atoms with van der Waals surface area (Å²) in [7, 11) is 0. The summed E-state index contributed by atoms with van der Waals surface area (Å²) in [5, 5.41) is 9.11. The number of rotatable bonds is 3. The molecular weight excluding hydrogens is 252 g/mol. The van der Waals surface area contributed by atoms with Gasteiger partial charge in [0, 0.05) is 11.3 Å². The third-order valence-corrected chi connectivity index (χ3v) is 3.78. The van der Waals surface area contributed by atoms with Gasteiger partial charge in [0.2, 0.25) is 0 Å². The van der Waals surface area contributed by atoms with Crippen molar-refractivity contribution < 1.29 is 19.4 Å². The van der Waals surface area contributed by atoms with Gasteiger partial charge in [-0.2, -0.15) is 0 Å². The summed E-state index contributed by atoms with van der Waals surface area (Å²) in [6.07, 6.45) is 0.859. The Kier molecular flexibility index (Phi) is 3.71. The Hall–Kier alpha value is -1.36. The molecule has 2 rings (SSSR count). The number of carbonyl (C=O) groups is 1. The Morgan fingerprint density at radius 2 is 1.94 bits per heavy atom. The third-order valence-electron chi connectivity index (χ3n) is 2.61. The first-order valence-corrected chi connectivity index (χ1v) is 6.63. The summed E-state index contributed by atoms with van der Waals surface area (Å²) < 4.78 is 10.2. The molecule has 0 aromatic heterocycles. The zero-order valence-corrected chi connectivity index (χ0v) is 11.3. The summed E-state index contributed by atoms with van der Waals surface area (Å²) in [6.45, 7) is 4.65. The molecule has 0 saturated carbocycles. The molecule has 4 nitrogen and oxygen atoms in total. The molecule has 1 aliphatic heterocycles. The molecule has 0 bridgehead atoms. The fraction of sp³-hybridized carbons (Fsp3) is 0.462. The molecule has 0 fully saturated rings. The molecule has 98 valence electrons. The smallest absolute Gasteiger partial charge is 0.319 e. The summed E-state index contributed by atoms with van der Waals surface area (Å²) in [5.74, 6) is 0.586. The van der Waals surface area contributed by atoms with Crippen molar-refractivity contribution in [2.75, 3.05) is 13.2 Å². The molecule has 0 aliphatic carbocycles. The molecular formula is C13H16O4S. The van der Waals surface area contributed by atoms with E-state index < -0.39 is 10.7 Å². The molecule has 1 aromatic carbocycles. The van der Waals surface area contributed by atoms with Gasteiger partial charge in [-0.3, -0.25) is 4.79 Å². The van der Waals surface area contributed by atoms with Crippen molar-refractivity contribution in [2.24, 2.45) is 0 Å². The number of fused-ring (bicyclic) bond motifs is 1. The van der Waals surface area contributed by atoms with Crippen LogP contribution in [0.1, 0.15) is 20.3 Å². The van der Waals surface area contributed by atoms with E-state index in [0.717, 1.165) is 17.1 Å². The van der Waals surface area contributed by atoms with Gasteiger partial charge >= 0.3 is 5.97 Å². The molecule has 1 aliphatic rings. The van der Waals surface area contributed by atoms with Gasteiger partial charge in [0.15, 0.2) is 11.5 Å². The van der Waals surface area contributed by atoms with E-state index in [-0.39, 0.29) is 0 Å². The molecule has 1 aromatic rings. The van der Waals surface area contributed by atoms with Crippen LogP contribution < -0.4 is 9.47 Å². The molecule has 1 heterocycles. The molecule has 0 radical (unpaired) electrons. The first-order chi connectivity index (χ1) is 8.49. The van der Waals surface area contributed by atoms with E-state index in [1.54, 1.807) is 13.8 Å². The molecule has 5 heteroatoms. The van der Waals surface area contributed by atoms with Gasteiger partial charge < -0.3 is 14.6 Å². The fourth-order valence-corrected chi connectivity index (χ4v) is 2.52. The van der Waals surface area contributed by atoms with Gasteiger partial charge in [-0.1, -0.05) is 0 Å². The molecule has 0 amide bonds. The van der Waals surface area contributed by atoms with E-state index in [4.69, 9.17) is 14.6 Å². The van der Waals surface area contributed by atoms with Crippen LogP contribution >= 0.6 is 11.8 Å². The summed E-state index contributed by atoms with van der Waals surface area (Å²) in [5.41, 5.74) is 0. The number of carboxylic acid groups (broad SMARTS) is 1. The van der Waals surface area contributed by atoms with Crippen LogP contribution in [0.25, 0.3) is 0 Å². The Morgan fingerprint density at radius 3 is 2.61 bits per heavy atom. The maximum absolute atomic E-state index is 11.1. The quantitative estimate of drug-likeness (QED) is 0.854. The monoisotopic (exact) mass is 268 g/mol. The predicted octanol–water partition coefficient (Wildman–Crippen LogP) is 2.80. The van der Waals surface area contributed by atoms with Crippen molar-refractivity contribution in [3.8, 4) is 11.5 Å². The Balaban J connectivity index is 2.21. The fourth-order valence-electron chi connectivity index (χ4n) is 1.55. The van der Waals surface area contributed by atoms with Gasteiger partial charge in [-0.15, -0.1) is 11.8 Å². The maximum atomic E-state index is 11.1. The standard InChI is InChI=1S/C13H16O4S/c1-13(2,12(14)15)18-9-4-5-10-11(8-9)17-7-3-6-16-10/h4-5,8H,3,6-7H2,1-2H3,(H,14,15). The lowest BCUT2D eigenvalue weighted by atomic mass is 10.2. The molecule has 0 saturated heterocycles. The van der Waals surface area contributed by atoms with Crippen molar-refractivity contribution >= 4 is 17.7 Å². The normalized spacial score (nSPS) is 15.0. The second kappa shape index (κ2) is 5.10. The van der Waals surface area contributed by atoms with Crippen LogP contribution in [-0.2, 0) is 4.79 Å². The highest BCUT2D eigenvalue weighted by molar-refractivity contribution is 8.01. The second-order valence-corrected chi connectivity index (χ2v) is 6.27. The van der Waals surface area contributed by atoms with Gasteiger partial charge in [0.05, 0.1) is 13.2 Å². The van der Waals surface area contributed by atoms with Crippen LogP contribution in [0, 0.1) is 0 Å². The van der Waals surface area contributed by atoms with E-state index in [1.165, 1.54) is 11.8 Å². The van der Waals surface area contributed by atoms with Crippen LogP contribution in [0.2, 0.25) is 0 Å². The summed E-state index contributed by atoms with van der Waals surface area (Å²) >= 11 is 1.30. The van der Waals surface area contributed by atoms with Crippen LogP contribution in [0.4, 0.5) is 0 Å². The summed E-state index contributed by atoms with van der Waals surface area (Å²) in [4.78, 5) is 12.0. The lowest BCUT2D eigenvalue weighted by molar-refractivity contribution is -0.138. The number of hydrogen-bond donors (Lipinski definition) is 1. The average molecular weight is 268 g/mol. The lowest BCUT2D eigenvalue weighted by Gasteiger charge is -2.19. The maximum Gasteiger partial charge on any atom is 0.319 e. The van der Waals surface area contributed by atoms with Gasteiger partial charge in [0.1, 0.15) is 4.75 Å². The Bertz CT molecular complexity index is 456. The van der Waals surface area contributed by atoms with Crippen LogP contribution in [0.5, 0.6) is 11.5 Å². The highest BCUT2D eigenvalue weighted by Gasteiger charge is 2.28. The molecule has 18 heavy (non-hydrogen) atoms. The van der Waals surface area contributed by atoms with E-state index >= 15 is 0 Å². The number of thioether (sulfide) groups is 1. The Labute approximate surface area is 110 Å². The Morgan fingerprint density at radius 1 is 1.28 bits per heavy atom. The largest absolute Gasteiger partial charge is 0.490 e. The second-order valence-electron chi connectivity index (χ2n) is 4.58. The number of benzene rings is 1. The van der Waals surface area contributed by atoms with Gasteiger partial charge in [-0.25, -0.2) is 0 Å². The predicted molar refractivity (Wildman–Crippen MR) is 69.6 cm³/mol. The van der Waals surface area contributed by atoms with Crippen molar-refractivity contribution in [2.45, 2.75) is 29.9 Å². The van der Waals surface area contributed by atoms with Crippen LogP contribution in [0.3, 0.4) is 0 Å². The number of aliphatic carboxylic acids is 1. The van der Waals surface area contributed by atoms with E-state index in [2.05, 4.69) is 0 Å². The molecule has 0 spiro atoms. The van der Waals surface area contributed by atoms with Crippen molar-refractivity contribution in [1.29, 1.82) is 0 Å². The topological polar surface area (TPSA) is 55.8 Å². The number of ether oxygens (including phenoxy) is 2. The van der Waals surface area contributed by atoms with E-state index in [0.29, 0.717) is 19.0 Å². The third kappa shape index (κ3) is 2.90. The van der Waals surface area contributed by atoms with Gasteiger partial charge in [0.25, 0.3) is 0 Å². The van der Waals surface area contributed by atoms with Crippen LogP contribution in [-0.4, -0.2) is 29.0 Å². The minimum Gasteiger partial charge on any atom is -0.490 e. The van der Waals surface area contributed by atoms with Crippen molar-refractivity contribution in [1.82, 2.24) is 0 Å². The van der Waals surface area contributed by atoms with E-state index in [1.807, 2.05) is 18.2 Å². The van der Waals surface area contributed by atoms with Crippen molar-refractivity contribution in [3.05, 3.63) is 18.2 Å². The summed E-state index contributed by atoms with van der Waals surface area (Å²) in [6, 6.07) is 5.54. The molecule has 0 atom stereocenters. The molecule has 0 unspecified atom stereocenters. The first kappa shape index (κ1) is 13.1. The van der Waals surface area contributed by atoms with Gasteiger partial charge in [-0.05, 0) is 32.0 Å². The first-order valence-electron chi connectivity index (χ1n) is 5.81. The molecule has 1 N–H and O–H groups in total.